The first-order valence-corrected chi connectivity index (χ1v) is 6.91. The fourth-order valence-corrected chi connectivity index (χ4v) is 3.62. The van der Waals surface area contributed by atoms with Crippen LogP contribution < -0.4 is 5.73 Å². The Morgan fingerprint density at radius 3 is 2.94 bits per heavy atom. The summed E-state index contributed by atoms with van der Waals surface area (Å²) in [6.07, 6.45) is 3.01. The number of hydrogen-bond acceptors (Lipinski definition) is 3. The zero-order valence-electron chi connectivity index (χ0n) is 9.56. The zero-order chi connectivity index (χ0) is 11.8. The number of Topliss-reactive ketones (excluding diaryl/α,β-unsaturated/α-hetero) is 1. The lowest BCUT2D eigenvalue weighted by Gasteiger charge is -2.14. The second-order valence-corrected chi connectivity index (χ2v) is 5.63. The lowest BCUT2D eigenvalue weighted by molar-refractivity contribution is 0.0915. The van der Waals surface area contributed by atoms with Crippen LogP contribution in [0.2, 0.25) is 0 Å². The summed E-state index contributed by atoms with van der Waals surface area (Å²) in [5.74, 6) is 0.269. The third-order valence-electron chi connectivity index (χ3n) is 3.65. The second-order valence-electron chi connectivity index (χ2n) is 4.71. The maximum absolute atomic E-state index is 12.5. The molecule has 0 bridgehead atoms. The van der Waals surface area contributed by atoms with Crippen LogP contribution in [0, 0.1) is 5.92 Å². The fourth-order valence-electron chi connectivity index (χ4n) is 2.70. The number of carbonyl (C=O) groups is 1. The average Bonchev–Trinajstić information content (AvgIpc) is 2.95. The highest BCUT2D eigenvalue weighted by molar-refractivity contribution is 7.17. The SMILES string of the molecule is NC1CCCC1C(=O)c1cccc2ccsc12. The number of nitrogens with two attached hydrogens (primary N) is 1. The second kappa shape index (κ2) is 4.24. The molecule has 3 rings (SSSR count). The summed E-state index contributed by atoms with van der Waals surface area (Å²) in [6, 6.07) is 8.06. The summed E-state index contributed by atoms with van der Waals surface area (Å²) in [4.78, 5) is 12.5. The van der Waals surface area contributed by atoms with Crippen LogP contribution in [0.5, 0.6) is 0 Å². The van der Waals surface area contributed by atoms with Gasteiger partial charge in [0.05, 0.1) is 0 Å². The van der Waals surface area contributed by atoms with E-state index in [1.807, 2.05) is 17.5 Å². The number of rotatable bonds is 2. The first kappa shape index (κ1) is 10.9. The predicted molar refractivity (Wildman–Crippen MR) is 71.5 cm³/mol. The van der Waals surface area contributed by atoms with E-state index in [-0.39, 0.29) is 17.7 Å². The van der Waals surface area contributed by atoms with Crippen LogP contribution in [0.15, 0.2) is 29.6 Å². The van der Waals surface area contributed by atoms with Crippen molar-refractivity contribution < 1.29 is 4.79 Å². The van der Waals surface area contributed by atoms with Gasteiger partial charge in [-0.1, -0.05) is 18.6 Å². The number of thiophene rings is 1. The molecule has 0 saturated heterocycles. The Labute approximate surface area is 104 Å². The van der Waals surface area contributed by atoms with Crippen LogP contribution in [0.25, 0.3) is 10.1 Å². The summed E-state index contributed by atoms with van der Waals surface area (Å²) < 4.78 is 1.11. The Morgan fingerprint density at radius 1 is 1.29 bits per heavy atom. The van der Waals surface area contributed by atoms with Crippen molar-refractivity contribution in [2.24, 2.45) is 11.7 Å². The topological polar surface area (TPSA) is 43.1 Å². The molecule has 0 amide bonds. The molecular formula is C14H15NOS. The highest BCUT2D eigenvalue weighted by atomic mass is 32.1. The molecule has 1 aliphatic rings. The quantitative estimate of drug-likeness (QED) is 0.826. The lowest BCUT2D eigenvalue weighted by Crippen LogP contribution is -2.30. The molecule has 0 aliphatic heterocycles. The van der Waals surface area contributed by atoms with Gasteiger partial charge in [0.2, 0.25) is 0 Å². The zero-order valence-corrected chi connectivity index (χ0v) is 10.4. The van der Waals surface area contributed by atoms with E-state index in [0.29, 0.717) is 0 Å². The minimum Gasteiger partial charge on any atom is -0.327 e. The number of hydrogen-bond donors (Lipinski definition) is 1. The molecule has 2 aromatic rings. The van der Waals surface area contributed by atoms with Gasteiger partial charge < -0.3 is 5.73 Å². The van der Waals surface area contributed by atoms with Crippen LogP contribution >= 0.6 is 11.3 Å². The predicted octanol–water partition coefficient (Wildman–Crippen LogP) is 3.21. The van der Waals surface area contributed by atoms with Crippen molar-refractivity contribution >= 4 is 27.2 Å². The van der Waals surface area contributed by atoms with Crippen molar-refractivity contribution in [3.63, 3.8) is 0 Å². The molecule has 3 heteroatoms. The Kier molecular flexibility index (Phi) is 2.73. The van der Waals surface area contributed by atoms with Crippen LogP contribution in [0.3, 0.4) is 0 Å². The van der Waals surface area contributed by atoms with E-state index in [9.17, 15) is 4.79 Å². The number of benzene rings is 1. The van der Waals surface area contributed by atoms with Crippen LogP contribution in [0.4, 0.5) is 0 Å². The van der Waals surface area contributed by atoms with E-state index in [1.165, 1.54) is 0 Å². The average molecular weight is 245 g/mol. The maximum atomic E-state index is 12.5. The molecule has 1 saturated carbocycles. The Bertz CT molecular complexity index is 560. The smallest absolute Gasteiger partial charge is 0.168 e. The molecule has 88 valence electrons. The Hall–Kier alpha value is -1.19. The lowest BCUT2D eigenvalue weighted by atomic mass is 9.93. The minimum absolute atomic E-state index is 0.0303. The van der Waals surface area contributed by atoms with E-state index in [0.717, 1.165) is 34.9 Å². The van der Waals surface area contributed by atoms with Gasteiger partial charge in [-0.25, -0.2) is 0 Å². The molecule has 17 heavy (non-hydrogen) atoms. The molecule has 1 heterocycles. The normalized spacial score (nSPS) is 24.3. The summed E-state index contributed by atoms with van der Waals surface area (Å²) in [5, 5.41) is 3.20. The molecular weight excluding hydrogens is 230 g/mol. The first-order chi connectivity index (χ1) is 8.27. The van der Waals surface area contributed by atoms with Crippen LogP contribution in [0.1, 0.15) is 29.6 Å². The largest absolute Gasteiger partial charge is 0.327 e. The first-order valence-electron chi connectivity index (χ1n) is 6.03. The van der Waals surface area contributed by atoms with Gasteiger partial charge in [0.15, 0.2) is 5.78 Å². The third-order valence-corrected chi connectivity index (χ3v) is 4.61. The summed E-state index contributed by atoms with van der Waals surface area (Å²) in [7, 11) is 0. The number of ketones is 1. The van der Waals surface area contributed by atoms with Gasteiger partial charge in [0.25, 0.3) is 0 Å². The van der Waals surface area contributed by atoms with Crippen molar-refractivity contribution in [1.29, 1.82) is 0 Å². The number of fused-ring (bicyclic) bond motifs is 1. The molecule has 0 spiro atoms. The van der Waals surface area contributed by atoms with Crippen molar-refractivity contribution in [3.05, 3.63) is 35.2 Å². The van der Waals surface area contributed by atoms with Crippen molar-refractivity contribution in [2.45, 2.75) is 25.3 Å². The van der Waals surface area contributed by atoms with E-state index in [1.54, 1.807) is 11.3 Å². The maximum Gasteiger partial charge on any atom is 0.168 e. The van der Waals surface area contributed by atoms with Crippen LogP contribution in [-0.2, 0) is 0 Å². The van der Waals surface area contributed by atoms with E-state index in [4.69, 9.17) is 5.73 Å². The Balaban J connectivity index is 2.03. The molecule has 1 aliphatic carbocycles. The summed E-state index contributed by atoms with van der Waals surface area (Å²) in [5.41, 5.74) is 6.88. The van der Waals surface area contributed by atoms with Gasteiger partial charge in [0.1, 0.15) is 0 Å². The van der Waals surface area contributed by atoms with Gasteiger partial charge in [-0.2, -0.15) is 0 Å². The van der Waals surface area contributed by atoms with E-state index >= 15 is 0 Å². The summed E-state index contributed by atoms with van der Waals surface area (Å²) >= 11 is 1.64. The standard InChI is InChI=1S/C14H15NOS/c15-12-6-2-4-10(12)13(16)11-5-1-3-9-7-8-17-14(9)11/h1,3,5,7-8,10,12H,2,4,6,15H2. The van der Waals surface area contributed by atoms with Gasteiger partial charge in [-0.15, -0.1) is 11.3 Å². The molecule has 0 radical (unpaired) electrons. The highest BCUT2D eigenvalue weighted by Crippen LogP contribution is 2.31. The highest BCUT2D eigenvalue weighted by Gasteiger charge is 2.31. The van der Waals surface area contributed by atoms with E-state index < -0.39 is 0 Å². The minimum atomic E-state index is 0.0303. The Morgan fingerprint density at radius 2 is 2.18 bits per heavy atom. The van der Waals surface area contributed by atoms with Gasteiger partial charge in [-0.3, -0.25) is 4.79 Å². The molecule has 2 nitrogen and oxygen atoms in total. The van der Waals surface area contributed by atoms with Gasteiger partial charge in [0, 0.05) is 22.2 Å². The fraction of sp³-hybridized carbons (Fsp3) is 0.357. The van der Waals surface area contributed by atoms with Crippen molar-refractivity contribution in [2.75, 3.05) is 0 Å². The monoisotopic (exact) mass is 245 g/mol. The molecule has 2 atom stereocenters. The van der Waals surface area contributed by atoms with Crippen molar-refractivity contribution in [3.8, 4) is 0 Å². The molecule has 1 aromatic carbocycles. The third kappa shape index (κ3) is 1.79. The van der Waals surface area contributed by atoms with Crippen molar-refractivity contribution in [1.82, 2.24) is 0 Å². The number of carbonyl (C=O) groups excluding carboxylic acids is 1. The van der Waals surface area contributed by atoms with Gasteiger partial charge in [-0.05, 0) is 35.7 Å². The van der Waals surface area contributed by atoms with E-state index in [2.05, 4.69) is 12.1 Å². The molecule has 1 fully saturated rings. The molecule has 2 unspecified atom stereocenters. The van der Waals surface area contributed by atoms with Gasteiger partial charge >= 0.3 is 0 Å². The summed E-state index contributed by atoms with van der Waals surface area (Å²) in [6.45, 7) is 0. The molecule has 2 N–H and O–H groups in total. The molecule has 1 aromatic heterocycles. The van der Waals surface area contributed by atoms with Crippen LogP contribution in [-0.4, -0.2) is 11.8 Å².